The first-order chi connectivity index (χ1) is 11.2. The second kappa shape index (κ2) is 7.97. The second-order valence-electron chi connectivity index (χ2n) is 7.39. The van der Waals surface area contributed by atoms with Crippen molar-refractivity contribution in [3.63, 3.8) is 0 Å². The number of carbonyl (C=O) groups is 1. The fourth-order valence-corrected chi connectivity index (χ4v) is 5.37. The number of carbonyl (C=O) groups excluding carboxylic acids is 1. The van der Waals surface area contributed by atoms with Crippen LogP contribution in [0.25, 0.3) is 0 Å². The molecule has 2 N–H and O–H groups in total. The average molecular weight is 342 g/mol. The number of nitrogens with one attached hydrogen (secondary N) is 2. The molecule has 0 aromatic rings. The van der Waals surface area contributed by atoms with Crippen molar-refractivity contribution in [3.05, 3.63) is 0 Å². The molecular weight excluding hydrogens is 310 g/mol. The van der Waals surface area contributed by atoms with Crippen molar-refractivity contribution in [2.45, 2.75) is 69.2 Å². The SMILES string of the molecule is CC[S@](=O)[C@@H]1CCC[C@@H](NC(=O)NC[C@H]2CCN(C3CC3)C2)C1. The van der Waals surface area contributed by atoms with Gasteiger partial charge in [0.05, 0.1) is 0 Å². The Balaban J connectivity index is 1.35. The van der Waals surface area contributed by atoms with Crippen molar-refractivity contribution < 1.29 is 9.00 Å². The van der Waals surface area contributed by atoms with Gasteiger partial charge in [0.25, 0.3) is 0 Å². The van der Waals surface area contributed by atoms with Crippen molar-refractivity contribution in [2.24, 2.45) is 5.92 Å². The van der Waals surface area contributed by atoms with Crippen LogP contribution in [0.5, 0.6) is 0 Å². The Hall–Kier alpha value is -0.620. The lowest BCUT2D eigenvalue weighted by Gasteiger charge is -2.29. The highest BCUT2D eigenvalue weighted by Crippen LogP contribution is 2.31. The summed E-state index contributed by atoms with van der Waals surface area (Å²) in [6.07, 6.45) is 7.93. The fraction of sp³-hybridized carbons (Fsp3) is 0.941. The molecule has 0 bridgehead atoms. The Morgan fingerprint density at radius 1 is 1.22 bits per heavy atom. The monoisotopic (exact) mass is 341 g/mol. The molecule has 3 aliphatic rings. The highest BCUT2D eigenvalue weighted by atomic mass is 32.2. The summed E-state index contributed by atoms with van der Waals surface area (Å²) in [7, 11) is -0.735. The lowest BCUT2D eigenvalue weighted by molar-refractivity contribution is 0.230. The van der Waals surface area contributed by atoms with Gasteiger partial charge in [-0.1, -0.05) is 13.3 Å². The molecule has 4 atom stereocenters. The molecule has 6 heteroatoms. The minimum Gasteiger partial charge on any atom is -0.338 e. The van der Waals surface area contributed by atoms with Gasteiger partial charge in [-0.3, -0.25) is 4.21 Å². The highest BCUT2D eigenvalue weighted by Gasteiger charge is 2.34. The van der Waals surface area contributed by atoms with Crippen LogP contribution in [0.2, 0.25) is 0 Å². The number of nitrogens with zero attached hydrogens (tertiary/aromatic N) is 1. The zero-order valence-corrected chi connectivity index (χ0v) is 15.1. The normalized spacial score (nSPS) is 33.3. The first-order valence-corrected chi connectivity index (χ1v) is 10.7. The van der Waals surface area contributed by atoms with E-state index < -0.39 is 10.8 Å². The molecule has 0 unspecified atom stereocenters. The first kappa shape index (κ1) is 17.2. The van der Waals surface area contributed by atoms with E-state index in [9.17, 15) is 9.00 Å². The molecule has 2 aliphatic carbocycles. The van der Waals surface area contributed by atoms with Crippen LogP contribution in [-0.4, -0.2) is 57.9 Å². The van der Waals surface area contributed by atoms with Crippen molar-refractivity contribution in [1.29, 1.82) is 0 Å². The van der Waals surface area contributed by atoms with Gasteiger partial charge in [-0.15, -0.1) is 0 Å². The van der Waals surface area contributed by atoms with E-state index in [0.717, 1.165) is 50.6 Å². The van der Waals surface area contributed by atoms with Gasteiger partial charge in [-0.05, 0) is 51.0 Å². The van der Waals surface area contributed by atoms with E-state index in [1.807, 2.05) is 6.92 Å². The summed E-state index contributed by atoms with van der Waals surface area (Å²) in [6.45, 7) is 5.11. The Morgan fingerprint density at radius 2 is 2.04 bits per heavy atom. The summed E-state index contributed by atoms with van der Waals surface area (Å²) in [5, 5.41) is 6.42. The zero-order chi connectivity index (χ0) is 16.2. The summed E-state index contributed by atoms with van der Waals surface area (Å²) < 4.78 is 12.0. The lowest BCUT2D eigenvalue weighted by atomic mass is 9.95. The molecule has 0 spiro atoms. The minimum absolute atomic E-state index is 0.0391. The zero-order valence-electron chi connectivity index (χ0n) is 14.3. The van der Waals surface area contributed by atoms with Crippen molar-refractivity contribution in [2.75, 3.05) is 25.4 Å². The molecule has 0 aromatic carbocycles. The van der Waals surface area contributed by atoms with Crippen LogP contribution >= 0.6 is 0 Å². The maximum absolute atomic E-state index is 12.1. The number of amides is 2. The standard InChI is InChI=1S/C17H31N3O2S/c1-2-23(22)16-5-3-4-14(10-16)19-17(21)18-11-13-8-9-20(12-13)15-6-7-15/h13-16H,2-12H2,1H3,(H2,18,19,21)/t13-,14-,16-,23+/m1/s1. The third kappa shape index (κ3) is 4.92. The molecule has 1 aliphatic heterocycles. The molecule has 0 aromatic heterocycles. The van der Waals surface area contributed by atoms with E-state index >= 15 is 0 Å². The minimum atomic E-state index is -0.735. The Bertz CT molecular complexity index is 442. The third-order valence-corrected chi connectivity index (χ3v) is 7.29. The Labute approximate surface area is 142 Å². The van der Waals surface area contributed by atoms with Gasteiger partial charge in [0.15, 0.2) is 0 Å². The average Bonchev–Trinajstić information content (AvgIpc) is 3.31. The van der Waals surface area contributed by atoms with Crippen LogP contribution in [0.3, 0.4) is 0 Å². The van der Waals surface area contributed by atoms with Gasteiger partial charge < -0.3 is 15.5 Å². The highest BCUT2D eigenvalue weighted by molar-refractivity contribution is 7.85. The second-order valence-corrected chi connectivity index (χ2v) is 9.40. The summed E-state index contributed by atoms with van der Waals surface area (Å²) >= 11 is 0. The van der Waals surface area contributed by atoms with Crippen LogP contribution in [0.4, 0.5) is 4.79 Å². The van der Waals surface area contributed by atoms with Gasteiger partial charge in [-0.2, -0.15) is 0 Å². The fourth-order valence-electron chi connectivity index (χ4n) is 4.02. The summed E-state index contributed by atoms with van der Waals surface area (Å²) in [6, 6.07) is 0.992. The van der Waals surface area contributed by atoms with Gasteiger partial charge >= 0.3 is 6.03 Å². The van der Waals surface area contributed by atoms with Gasteiger partial charge in [-0.25, -0.2) is 4.79 Å². The molecule has 2 amide bonds. The van der Waals surface area contributed by atoms with Crippen LogP contribution in [-0.2, 0) is 10.8 Å². The number of hydrogen-bond acceptors (Lipinski definition) is 3. The van der Waals surface area contributed by atoms with Crippen molar-refractivity contribution in [3.8, 4) is 0 Å². The summed E-state index contributed by atoms with van der Waals surface area (Å²) in [5.41, 5.74) is 0. The third-order valence-electron chi connectivity index (χ3n) is 5.55. The van der Waals surface area contributed by atoms with E-state index in [0.29, 0.717) is 5.92 Å². The van der Waals surface area contributed by atoms with Gasteiger partial charge in [0.1, 0.15) is 0 Å². The van der Waals surface area contributed by atoms with E-state index in [-0.39, 0.29) is 17.3 Å². The molecule has 3 rings (SSSR count). The summed E-state index contributed by atoms with van der Waals surface area (Å²) in [4.78, 5) is 14.7. The lowest BCUT2D eigenvalue weighted by Crippen LogP contribution is -2.46. The smallest absolute Gasteiger partial charge is 0.315 e. The largest absolute Gasteiger partial charge is 0.338 e. The molecule has 0 radical (unpaired) electrons. The number of likely N-dealkylation sites (tertiary alicyclic amines) is 1. The van der Waals surface area contributed by atoms with E-state index in [1.54, 1.807) is 0 Å². The van der Waals surface area contributed by atoms with Crippen molar-refractivity contribution in [1.82, 2.24) is 15.5 Å². The molecule has 1 saturated heterocycles. The van der Waals surface area contributed by atoms with Crippen LogP contribution in [0.15, 0.2) is 0 Å². The Morgan fingerprint density at radius 3 is 2.78 bits per heavy atom. The number of urea groups is 1. The van der Waals surface area contributed by atoms with E-state index in [4.69, 9.17) is 0 Å². The summed E-state index contributed by atoms with van der Waals surface area (Å²) in [5.74, 6) is 1.33. The predicted octanol–water partition coefficient (Wildman–Crippen LogP) is 1.85. The predicted molar refractivity (Wildman–Crippen MR) is 94.0 cm³/mol. The molecule has 1 heterocycles. The van der Waals surface area contributed by atoms with E-state index in [2.05, 4.69) is 15.5 Å². The molecular formula is C17H31N3O2S. The quantitative estimate of drug-likeness (QED) is 0.775. The van der Waals surface area contributed by atoms with Crippen LogP contribution < -0.4 is 10.6 Å². The molecule has 3 fully saturated rings. The first-order valence-electron chi connectivity index (χ1n) is 9.31. The Kier molecular flexibility index (Phi) is 5.96. The maximum atomic E-state index is 12.1. The van der Waals surface area contributed by atoms with Crippen molar-refractivity contribution >= 4 is 16.8 Å². The number of hydrogen-bond donors (Lipinski definition) is 2. The molecule has 5 nitrogen and oxygen atoms in total. The molecule has 23 heavy (non-hydrogen) atoms. The van der Waals surface area contributed by atoms with Crippen LogP contribution in [0.1, 0.15) is 51.9 Å². The van der Waals surface area contributed by atoms with Gasteiger partial charge in [0, 0.05) is 47.0 Å². The topological polar surface area (TPSA) is 61.4 Å². The molecule has 132 valence electrons. The molecule has 2 saturated carbocycles. The number of rotatable bonds is 6. The maximum Gasteiger partial charge on any atom is 0.315 e. The van der Waals surface area contributed by atoms with Crippen LogP contribution in [0, 0.1) is 5.92 Å². The van der Waals surface area contributed by atoms with Gasteiger partial charge in [0.2, 0.25) is 0 Å². The van der Waals surface area contributed by atoms with E-state index in [1.165, 1.54) is 25.8 Å².